The smallest absolute Gasteiger partial charge is 0.125 e. The Hall–Kier alpha value is -1.52. The molecule has 4 nitrogen and oxygen atoms in total. The molecular weight excluding hydrogens is 240 g/mol. The third-order valence-electron chi connectivity index (χ3n) is 2.33. The highest BCUT2D eigenvalue weighted by Crippen LogP contribution is 2.22. The van der Waals surface area contributed by atoms with E-state index in [1.165, 1.54) is 0 Å². The molecule has 0 radical (unpaired) electrons. The lowest BCUT2D eigenvalue weighted by Crippen LogP contribution is -2.09. The van der Waals surface area contributed by atoms with Gasteiger partial charge in [0.05, 0.1) is 13.2 Å². The van der Waals surface area contributed by atoms with E-state index < -0.39 is 0 Å². The molecule has 0 bridgehead atoms. The number of benzene rings is 1. The van der Waals surface area contributed by atoms with Crippen molar-refractivity contribution in [1.82, 2.24) is 9.78 Å². The van der Waals surface area contributed by atoms with E-state index in [0.29, 0.717) is 29.5 Å². The number of hydrogen-bond donors (Lipinski definition) is 1. The quantitative estimate of drug-likeness (QED) is 0.887. The molecule has 0 saturated carbocycles. The summed E-state index contributed by atoms with van der Waals surface area (Å²) >= 11 is 5.83. The largest absolute Gasteiger partial charge is 0.491 e. The average Bonchev–Trinajstić information content (AvgIpc) is 2.84. The van der Waals surface area contributed by atoms with Crippen LogP contribution in [0.3, 0.4) is 0 Å². The number of aromatic nitrogens is 2. The van der Waals surface area contributed by atoms with Gasteiger partial charge in [0.1, 0.15) is 12.4 Å². The van der Waals surface area contributed by atoms with Crippen LogP contribution in [0.2, 0.25) is 5.02 Å². The fraction of sp³-hybridized carbons (Fsp3) is 0.250. The van der Waals surface area contributed by atoms with Crippen molar-refractivity contribution >= 4 is 11.6 Å². The van der Waals surface area contributed by atoms with Crippen molar-refractivity contribution in [3.63, 3.8) is 0 Å². The SMILES string of the molecule is OCc1cc(Cl)ccc1OCCn1cccn1. The van der Waals surface area contributed by atoms with E-state index >= 15 is 0 Å². The summed E-state index contributed by atoms with van der Waals surface area (Å²) in [4.78, 5) is 0. The first kappa shape index (κ1) is 12.0. The van der Waals surface area contributed by atoms with Gasteiger partial charge in [0.25, 0.3) is 0 Å². The number of nitrogens with zero attached hydrogens (tertiary/aromatic N) is 2. The molecule has 0 aliphatic carbocycles. The van der Waals surface area contributed by atoms with Crippen LogP contribution in [-0.2, 0) is 13.2 Å². The van der Waals surface area contributed by atoms with Crippen molar-refractivity contribution in [2.45, 2.75) is 13.2 Å². The van der Waals surface area contributed by atoms with Crippen LogP contribution in [0.1, 0.15) is 5.56 Å². The zero-order valence-electron chi connectivity index (χ0n) is 9.21. The number of halogens is 1. The van der Waals surface area contributed by atoms with E-state index in [9.17, 15) is 0 Å². The van der Waals surface area contributed by atoms with Crippen LogP contribution in [0.15, 0.2) is 36.7 Å². The van der Waals surface area contributed by atoms with Gasteiger partial charge in [-0.05, 0) is 24.3 Å². The van der Waals surface area contributed by atoms with E-state index in [4.69, 9.17) is 21.4 Å². The van der Waals surface area contributed by atoms with E-state index in [0.717, 1.165) is 0 Å². The fourth-order valence-corrected chi connectivity index (χ4v) is 1.69. The number of aliphatic hydroxyl groups is 1. The molecule has 0 amide bonds. The molecule has 1 N–H and O–H groups in total. The lowest BCUT2D eigenvalue weighted by Gasteiger charge is -2.10. The van der Waals surface area contributed by atoms with Crippen LogP contribution in [-0.4, -0.2) is 21.5 Å². The van der Waals surface area contributed by atoms with Gasteiger partial charge < -0.3 is 9.84 Å². The molecule has 2 rings (SSSR count). The molecule has 1 heterocycles. The fourth-order valence-electron chi connectivity index (χ4n) is 1.49. The minimum atomic E-state index is -0.0857. The van der Waals surface area contributed by atoms with Gasteiger partial charge in [0.15, 0.2) is 0 Å². The third-order valence-corrected chi connectivity index (χ3v) is 2.57. The van der Waals surface area contributed by atoms with Crippen molar-refractivity contribution in [3.05, 3.63) is 47.2 Å². The molecule has 0 unspecified atom stereocenters. The third kappa shape index (κ3) is 3.22. The molecule has 90 valence electrons. The summed E-state index contributed by atoms with van der Waals surface area (Å²) in [5, 5.41) is 13.8. The second-order valence-corrected chi connectivity index (χ2v) is 3.96. The lowest BCUT2D eigenvalue weighted by atomic mass is 10.2. The molecule has 0 aliphatic heterocycles. The van der Waals surface area contributed by atoms with E-state index in [1.807, 2.05) is 12.3 Å². The molecule has 0 atom stereocenters. The Balaban J connectivity index is 1.94. The maximum Gasteiger partial charge on any atom is 0.125 e. The summed E-state index contributed by atoms with van der Waals surface area (Å²) in [6.45, 7) is 1.08. The van der Waals surface area contributed by atoms with Gasteiger partial charge in [-0.1, -0.05) is 11.6 Å². The first-order valence-electron chi connectivity index (χ1n) is 5.29. The molecular formula is C12H13ClN2O2. The molecule has 1 aromatic heterocycles. The number of hydrogen-bond acceptors (Lipinski definition) is 3. The Morgan fingerprint density at radius 3 is 3.00 bits per heavy atom. The van der Waals surface area contributed by atoms with Crippen LogP contribution >= 0.6 is 11.6 Å². The maximum atomic E-state index is 9.17. The van der Waals surface area contributed by atoms with E-state index in [1.54, 1.807) is 29.1 Å². The Kier molecular flexibility index (Phi) is 4.01. The van der Waals surface area contributed by atoms with Crippen LogP contribution in [0.4, 0.5) is 0 Å². The van der Waals surface area contributed by atoms with Crippen molar-refractivity contribution in [1.29, 1.82) is 0 Å². The van der Waals surface area contributed by atoms with Gasteiger partial charge in [-0.15, -0.1) is 0 Å². The second-order valence-electron chi connectivity index (χ2n) is 3.53. The maximum absolute atomic E-state index is 9.17. The molecule has 1 aromatic carbocycles. The molecule has 5 heteroatoms. The van der Waals surface area contributed by atoms with Crippen molar-refractivity contribution in [2.24, 2.45) is 0 Å². The van der Waals surface area contributed by atoms with Gasteiger partial charge in [0.2, 0.25) is 0 Å². The highest BCUT2D eigenvalue weighted by Gasteiger charge is 2.03. The van der Waals surface area contributed by atoms with Gasteiger partial charge in [-0.2, -0.15) is 5.10 Å². The minimum Gasteiger partial charge on any atom is -0.491 e. The summed E-state index contributed by atoms with van der Waals surface area (Å²) in [6, 6.07) is 7.06. The molecule has 0 spiro atoms. The normalized spacial score (nSPS) is 10.5. The zero-order valence-corrected chi connectivity index (χ0v) is 9.97. The predicted molar refractivity (Wildman–Crippen MR) is 65.1 cm³/mol. The number of ether oxygens (including phenoxy) is 1. The minimum absolute atomic E-state index is 0.0857. The van der Waals surface area contributed by atoms with Crippen LogP contribution in [0, 0.1) is 0 Å². The summed E-state index contributed by atoms with van der Waals surface area (Å²) in [6.07, 6.45) is 3.60. The Bertz CT molecular complexity index is 471. The highest BCUT2D eigenvalue weighted by molar-refractivity contribution is 6.30. The van der Waals surface area contributed by atoms with Crippen LogP contribution in [0.5, 0.6) is 5.75 Å². The van der Waals surface area contributed by atoms with Gasteiger partial charge in [-0.3, -0.25) is 4.68 Å². The molecule has 0 aliphatic rings. The number of aliphatic hydroxyl groups excluding tert-OH is 1. The molecule has 0 saturated heterocycles. The van der Waals surface area contributed by atoms with Crippen LogP contribution in [0.25, 0.3) is 0 Å². The van der Waals surface area contributed by atoms with Crippen molar-refractivity contribution < 1.29 is 9.84 Å². The molecule has 2 aromatic rings. The summed E-state index contributed by atoms with van der Waals surface area (Å²) < 4.78 is 7.36. The summed E-state index contributed by atoms with van der Waals surface area (Å²) in [5.41, 5.74) is 0.693. The van der Waals surface area contributed by atoms with Gasteiger partial charge in [0, 0.05) is 23.0 Å². The number of rotatable bonds is 5. The Morgan fingerprint density at radius 1 is 1.41 bits per heavy atom. The second kappa shape index (κ2) is 5.70. The Labute approximate surface area is 104 Å². The van der Waals surface area contributed by atoms with E-state index in [-0.39, 0.29) is 6.61 Å². The van der Waals surface area contributed by atoms with Crippen LogP contribution < -0.4 is 4.74 Å². The predicted octanol–water partition coefficient (Wildman–Crippen LogP) is 2.11. The molecule has 0 fully saturated rings. The highest BCUT2D eigenvalue weighted by atomic mass is 35.5. The monoisotopic (exact) mass is 252 g/mol. The molecule has 17 heavy (non-hydrogen) atoms. The summed E-state index contributed by atoms with van der Waals surface area (Å²) in [5.74, 6) is 0.657. The topological polar surface area (TPSA) is 47.3 Å². The van der Waals surface area contributed by atoms with E-state index in [2.05, 4.69) is 5.10 Å². The standard InChI is InChI=1S/C12H13ClN2O2/c13-11-2-3-12(10(8-11)9-16)17-7-6-15-5-1-4-14-15/h1-5,8,16H,6-7,9H2. The summed E-state index contributed by atoms with van der Waals surface area (Å²) in [7, 11) is 0. The van der Waals surface area contributed by atoms with Crippen molar-refractivity contribution in [2.75, 3.05) is 6.61 Å². The van der Waals surface area contributed by atoms with Crippen molar-refractivity contribution in [3.8, 4) is 5.75 Å². The lowest BCUT2D eigenvalue weighted by molar-refractivity contribution is 0.255. The zero-order chi connectivity index (χ0) is 12.1. The first-order valence-corrected chi connectivity index (χ1v) is 5.67. The van der Waals surface area contributed by atoms with Gasteiger partial charge >= 0.3 is 0 Å². The van der Waals surface area contributed by atoms with Gasteiger partial charge in [-0.25, -0.2) is 0 Å². The first-order chi connectivity index (χ1) is 8.29. The Morgan fingerprint density at radius 2 is 2.29 bits per heavy atom. The average molecular weight is 253 g/mol.